The van der Waals surface area contributed by atoms with Gasteiger partial charge in [0.1, 0.15) is 6.54 Å². The topological polar surface area (TPSA) is 49.9 Å². The van der Waals surface area contributed by atoms with Crippen molar-refractivity contribution in [1.29, 1.82) is 0 Å². The van der Waals surface area contributed by atoms with Crippen LogP contribution in [0.3, 0.4) is 0 Å². The fourth-order valence-electron chi connectivity index (χ4n) is 3.00. The first-order valence-corrected chi connectivity index (χ1v) is 9.02. The average Bonchev–Trinajstić information content (AvgIpc) is 2.89. The minimum Gasteiger partial charge on any atom is -0.383 e. The maximum absolute atomic E-state index is 12.9. The predicted molar refractivity (Wildman–Crippen MR) is 95.5 cm³/mol. The third kappa shape index (κ3) is 3.44. The zero-order valence-corrected chi connectivity index (χ0v) is 14.9. The SMILES string of the molecule is COCCN1CCCN(C(=O)c2csc3cc(C)ccc23)CC1=O. The average molecular weight is 346 g/mol. The normalized spacial score (nSPS) is 15.8. The molecule has 1 aliphatic rings. The Kier molecular flexibility index (Phi) is 5.16. The molecular weight excluding hydrogens is 324 g/mol. The van der Waals surface area contributed by atoms with Crippen LogP contribution in [0, 0.1) is 6.92 Å². The van der Waals surface area contributed by atoms with Crippen molar-refractivity contribution in [3.63, 3.8) is 0 Å². The maximum Gasteiger partial charge on any atom is 0.255 e. The minimum absolute atomic E-state index is 0.00622. The van der Waals surface area contributed by atoms with Crippen LogP contribution in [-0.4, -0.2) is 61.5 Å². The first-order chi connectivity index (χ1) is 11.6. The highest BCUT2D eigenvalue weighted by atomic mass is 32.1. The van der Waals surface area contributed by atoms with E-state index in [-0.39, 0.29) is 18.4 Å². The maximum atomic E-state index is 12.9. The second kappa shape index (κ2) is 7.32. The van der Waals surface area contributed by atoms with Gasteiger partial charge in [0.2, 0.25) is 5.91 Å². The summed E-state index contributed by atoms with van der Waals surface area (Å²) in [5.41, 5.74) is 1.88. The van der Waals surface area contributed by atoms with E-state index < -0.39 is 0 Å². The Morgan fingerprint density at radius 1 is 1.33 bits per heavy atom. The number of nitrogens with zero attached hydrogens (tertiary/aromatic N) is 2. The Hall–Kier alpha value is -1.92. The summed E-state index contributed by atoms with van der Waals surface area (Å²) in [6, 6.07) is 6.11. The van der Waals surface area contributed by atoms with E-state index in [2.05, 4.69) is 6.07 Å². The highest BCUT2D eigenvalue weighted by Crippen LogP contribution is 2.28. The molecule has 1 aromatic heterocycles. The molecular formula is C18H22N2O3S. The monoisotopic (exact) mass is 346 g/mol. The quantitative estimate of drug-likeness (QED) is 0.855. The van der Waals surface area contributed by atoms with Crippen molar-refractivity contribution < 1.29 is 14.3 Å². The zero-order valence-electron chi connectivity index (χ0n) is 14.1. The predicted octanol–water partition coefficient (Wildman–Crippen LogP) is 2.53. The molecule has 1 aliphatic heterocycles. The van der Waals surface area contributed by atoms with Gasteiger partial charge in [-0.25, -0.2) is 0 Å². The summed E-state index contributed by atoms with van der Waals surface area (Å²) in [4.78, 5) is 28.8. The molecule has 3 rings (SSSR count). The molecule has 2 aromatic rings. The van der Waals surface area contributed by atoms with E-state index >= 15 is 0 Å². The Balaban J connectivity index is 1.78. The number of benzene rings is 1. The van der Waals surface area contributed by atoms with Crippen molar-refractivity contribution in [3.8, 4) is 0 Å². The number of hydrogen-bond acceptors (Lipinski definition) is 4. The summed E-state index contributed by atoms with van der Waals surface area (Å²) in [6.45, 7) is 4.58. The van der Waals surface area contributed by atoms with E-state index in [1.807, 2.05) is 24.4 Å². The molecule has 0 radical (unpaired) electrons. The van der Waals surface area contributed by atoms with Crippen LogP contribution in [0.2, 0.25) is 0 Å². The number of amides is 2. The fourth-order valence-corrected chi connectivity index (χ4v) is 4.03. The molecule has 0 spiro atoms. The molecule has 2 amide bonds. The van der Waals surface area contributed by atoms with Gasteiger partial charge in [0.05, 0.1) is 12.2 Å². The Bertz CT molecular complexity index is 756. The van der Waals surface area contributed by atoms with Gasteiger partial charge >= 0.3 is 0 Å². The molecule has 1 saturated heterocycles. The van der Waals surface area contributed by atoms with Crippen molar-refractivity contribution in [1.82, 2.24) is 9.80 Å². The number of thiophene rings is 1. The van der Waals surface area contributed by atoms with Gasteiger partial charge in [-0.1, -0.05) is 12.1 Å². The number of aryl methyl sites for hydroxylation is 1. The van der Waals surface area contributed by atoms with Gasteiger partial charge < -0.3 is 14.5 Å². The van der Waals surface area contributed by atoms with Gasteiger partial charge in [0.15, 0.2) is 0 Å². The van der Waals surface area contributed by atoms with Gasteiger partial charge in [-0.2, -0.15) is 0 Å². The molecule has 24 heavy (non-hydrogen) atoms. The van der Waals surface area contributed by atoms with Gasteiger partial charge in [0, 0.05) is 42.2 Å². The molecule has 2 heterocycles. The zero-order chi connectivity index (χ0) is 17.1. The van der Waals surface area contributed by atoms with E-state index in [9.17, 15) is 9.59 Å². The molecule has 5 nitrogen and oxygen atoms in total. The molecule has 0 atom stereocenters. The molecule has 6 heteroatoms. The third-order valence-electron chi connectivity index (χ3n) is 4.35. The lowest BCUT2D eigenvalue weighted by Crippen LogP contribution is -2.40. The van der Waals surface area contributed by atoms with Gasteiger partial charge in [-0.15, -0.1) is 11.3 Å². The van der Waals surface area contributed by atoms with Crippen LogP contribution in [0.4, 0.5) is 0 Å². The van der Waals surface area contributed by atoms with E-state index in [0.717, 1.165) is 16.5 Å². The standard InChI is InChI=1S/C18H22N2O3S/c1-13-4-5-14-15(12-24-16(14)10-13)18(22)20-7-3-6-19(8-9-23-2)17(21)11-20/h4-5,10,12H,3,6-9,11H2,1-2H3. The number of carbonyl (C=O) groups is 2. The van der Waals surface area contributed by atoms with Gasteiger partial charge in [-0.05, 0) is 25.0 Å². The molecule has 0 saturated carbocycles. The Labute approximate surface area is 145 Å². The molecule has 0 unspecified atom stereocenters. The number of carbonyl (C=O) groups excluding carboxylic acids is 2. The second-order valence-electron chi connectivity index (χ2n) is 6.10. The van der Waals surface area contributed by atoms with Crippen LogP contribution in [0.5, 0.6) is 0 Å². The summed E-state index contributed by atoms with van der Waals surface area (Å²) in [5.74, 6) is -0.0553. The van der Waals surface area contributed by atoms with Crippen LogP contribution in [0.1, 0.15) is 22.3 Å². The van der Waals surface area contributed by atoms with Gasteiger partial charge in [-0.3, -0.25) is 9.59 Å². The fraction of sp³-hybridized carbons (Fsp3) is 0.444. The highest BCUT2D eigenvalue weighted by Gasteiger charge is 2.26. The lowest BCUT2D eigenvalue weighted by Gasteiger charge is -2.21. The van der Waals surface area contributed by atoms with Gasteiger partial charge in [0.25, 0.3) is 5.91 Å². The van der Waals surface area contributed by atoms with E-state index in [1.165, 1.54) is 5.56 Å². The number of fused-ring (bicyclic) bond motifs is 1. The van der Waals surface area contributed by atoms with Crippen molar-refractivity contribution in [2.45, 2.75) is 13.3 Å². The largest absolute Gasteiger partial charge is 0.383 e. The first-order valence-electron chi connectivity index (χ1n) is 8.14. The summed E-state index contributed by atoms with van der Waals surface area (Å²) >= 11 is 1.58. The van der Waals surface area contributed by atoms with Crippen LogP contribution in [0.15, 0.2) is 23.6 Å². The van der Waals surface area contributed by atoms with Crippen molar-refractivity contribution in [3.05, 3.63) is 34.7 Å². The van der Waals surface area contributed by atoms with Crippen molar-refractivity contribution >= 4 is 33.2 Å². The van der Waals surface area contributed by atoms with Crippen LogP contribution >= 0.6 is 11.3 Å². The third-order valence-corrected chi connectivity index (χ3v) is 5.29. The molecule has 0 bridgehead atoms. The lowest BCUT2D eigenvalue weighted by molar-refractivity contribution is -0.131. The highest BCUT2D eigenvalue weighted by molar-refractivity contribution is 7.17. The van der Waals surface area contributed by atoms with Crippen LogP contribution < -0.4 is 0 Å². The van der Waals surface area contributed by atoms with Crippen molar-refractivity contribution in [2.24, 2.45) is 0 Å². The smallest absolute Gasteiger partial charge is 0.255 e. The summed E-state index contributed by atoms with van der Waals surface area (Å²) in [6.07, 6.45) is 0.794. The second-order valence-corrected chi connectivity index (χ2v) is 7.01. The molecule has 128 valence electrons. The van der Waals surface area contributed by atoms with E-state index in [1.54, 1.807) is 28.2 Å². The number of hydrogen-bond donors (Lipinski definition) is 0. The van der Waals surface area contributed by atoms with Crippen LogP contribution in [-0.2, 0) is 9.53 Å². The van der Waals surface area contributed by atoms with Crippen LogP contribution in [0.25, 0.3) is 10.1 Å². The first kappa shape index (κ1) is 16.9. The Morgan fingerprint density at radius 3 is 2.96 bits per heavy atom. The lowest BCUT2D eigenvalue weighted by atomic mass is 10.1. The summed E-state index contributed by atoms with van der Waals surface area (Å²) < 4.78 is 6.16. The Morgan fingerprint density at radius 2 is 2.17 bits per heavy atom. The molecule has 1 aromatic carbocycles. The molecule has 0 N–H and O–H groups in total. The number of rotatable bonds is 4. The number of ether oxygens (including phenoxy) is 1. The van der Waals surface area contributed by atoms with E-state index in [0.29, 0.717) is 31.8 Å². The van der Waals surface area contributed by atoms with E-state index in [4.69, 9.17) is 4.74 Å². The molecule has 1 fully saturated rings. The molecule has 0 aliphatic carbocycles. The van der Waals surface area contributed by atoms with Crippen molar-refractivity contribution in [2.75, 3.05) is 39.9 Å². The number of methoxy groups -OCH3 is 1. The summed E-state index contributed by atoms with van der Waals surface area (Å²) in [5, 5.41) is 2.88. The minimum atomic E-state index is -0.0490. The summed E-state index contributed by atoms with van der Waals surface area (Å²) in [7, 11) is 1.63.